The van der Waals surface area contributed by atoms with Crippen LogP contribution in [0.3, 0.4) is 0 Å². The van der Waals surface area contributed by atoms with E-state index < -0.39 is 0 Å². The minimum atomic E-state index is -0.365. The summed E-state index contributed by atoms with van der Waals surface area (Å²) < 4.78 is 12.7. The molecule has 1 unspecified atom stereocenters. The molecule has 5 heterocycles. The van der Waals surface area contributed by atoms with Crippen LogP contribution in [-0.2, 0) is 9.53 Å². The maximum absolute atomic E-state index is 12.7. The third-order valence-electron chi connectivity index (χ3n) is 7.29. The summed E-state index contributed by atoms with van der Waals surface area (Å²) in [5.41, 5.74) is 2.52. The quantitative estimate of drug-likeness (QED) is 0.507. The number of nitrogens with zero attached hydrogens (tertiary/aromatic N) is 5. The Morgan fingerprint density at radius 3 is 2.82 bits per heavy atom. The van der Waals surface area contributed by atoms with Gasteiger partial charge in [-0.15, -0.1) is 11.8 Å². The smallest absolute Gasteiger partial charge is 0.414 e. The Morgan fingerprint density at radius 1 is 1.16 bits per heavy atom. The van der Waals surface area contributed by atoms with Crippen molar-refractivity contribution in [3.63, 3.8) is 0 Å². The molecule has 0 bridgehead atoms. The van der Waals surface area contributed by atoms with Crippen LogP contribution in [0.1, 0.15) is 25.3 Å². The monoisotopic (exact) mass is 536 g/mol. The summed E-state index contributed by atoms with van der Waals surface area (Å²) in [6, 6.07) is 9.26. The first kappa shape index (κ1) is 24.7. The zero-order valence-electron chi connectivity index (χ0n) is 21.0. The van der Waals surface area contributed by atoms with Gasteiger partial charge in [0.15, 0.2) is 5.65 Å². The first-order chi connectivity index (χ1) is 18.5. The average Bonchev–Trinajstić information content (AvgIpc) is 3.31. The fourth-order valence-corrected chi connectivity index (χ4v) is 6.10. The number of carbonyl (C=O) groups is 2. The standard InChI is InChI=1S/C26H28N6O5S/c1-36-23-5-3-19-25(29-23)32(24(34)13-27-19)16-6-9-30(10-7-16)11-8-18-14-31(26(35)37-18)17-2-4-21-20(12-17)28-22(33)15-38-21/h2-5,12-13,16,18H,6-11,14-15H2,1H3,(H,28,33). The van der Waals surface area contributed by atoms with Crippen molar-refractivity contribution in [3.8, 4) is 5.88 Å². The van der Waals surface area contributed by atoms with Crippen LogP contribution < -0.4 is 20.5 Å². The van der Waals surface area contributed by atoms with Crippen molar-refractivity contribution < 1.29 is 19.1 Å². The summed E-state index contributed by atoms with van der Waals surface area (Å²) >= 11 is 1.49. The minimum absolute atomic E-state index is 0.0336. The van der Waals surface area contributed by atoms with Gasteiger partial charge in [-0.1, -0.05) is 0 Å². The zero-order chi connectivity index (χ0) is 26.2. The summed E-state index contributed by atoms with van der Waals surface area (Å²) in [5, 5.41) is 2.87. The van der Waals surface area contributed by atoms with Crippen molar-refractivity contribution in [3.05, 3.63) is 46.9 Å². The van der Waals surface area contributed by atoms with Gasteiger partial charge < -0.3 is 19.7 Å². The summed E-state index contributed by atoms with van der Waals surface area (Å²) in [6.07, 6.45) is 3.14. The lowest BCUT2D eigenvalue weighted by atomic mass is 10.0. The summed E-state index contributed by atoms with van der Waals surface area (Å²) in [6.45, 7) is 2.93. The molecule has 11 nitrogen and oxygen atoms in total. The van der Waals surface area contributed by atoms with Crippen LogP contribution in [-0.4, -0.2) is 76.6 Å². The number of benzene rings is 1. The first-order valence-corrected chi connectivity index (χ1v) is 13.7. The average molecular weight is 537 g/mol. The van der Waals surface area contributed by atoms with Crippen molar-refractivity contribution in [2.24, 2.45) is 0 Å². The van der Waals surface area contributed by atoms with Gasteiger partial charge in [0.05, 0.1) is 31.3 Å². The number of hydrogen-bond donors (Lipinski definition) is 1. The van der Waals surface area contributed by atoms with Crippen LogP contribution in [0.15, 0.2) is 46.2 Å². The fraction of sp³-hybridized carbons (Fsp3) is 0.423. The van der Waals surface area contributed by atoms with Crippen LogP contribution in [0.4, 0.5) is 16.2 Å². The van der Waals surface area contributed by atoms with Gasteiger partial charge in [-0.25, -0.2) is 9.78 Å². The van der Waals surface area contributed by atoms with Gasteiger partial charge in [0.2, 0.25) is 11.8 Å². The Bertz CT molecular complexity index is 1450. The van der Waals surface area contributed by atoms with E-state index in [1.54, 1.807) is 22.6 Å². The van der Waals surface area contributed by atoms with Gasteiger partial charge in [-0.05, 0) is 43.5 Å². The van der Waals surface area contributed by atoms with E-state index in [0.29, 0.717) is 29.3 Å². The number of carbonyl (C=O) groups excluding carboxylic acids is 2. The van der Waals surface area contributed by atoms with Gasteiger partial charge in [-0.3, -0.25) is 19.1 Å². The summed E-state index contributed by atoms with van der Waals surface area (Å²) in [7, 11) is 1.55. The number of rotatable bonds is 6. The third kappa shape index (κ3) is 4.81. The Morgan fingerprint density at radius 2 is 2.00 bits per heavy atom. The van der Waals surface area contributed by atoms with E-state index in [4.69, 9.17) is 9.47 Å². The molecule has 3 aliphatic heterocycles. The highest BCUT2D eigenvalue weighted by molar-refractivity contribution is 8.00. The molecule has 6 rings (SSSR count). The number of hydrogen-bond acceptors (Lipinski definition) is 9. The molecule has 12 heteroatoms. The molecule has 0 spiro atoms. The van der Waals surface area contributed by atoms with E-state index >= 15 is 0 Å². The third-order valence-corrected chi connectivity index (χ3v) is 8.36. The molecule has 0 saturated carbocycles. The molecule has 1 atom stereocenters. The van der Waals surface area contributed by atoms with Crippen LogP contribution in [0.5, 0.6) is 5.88 Å². The molecule has 2 fully saturated rings. The number of likely N-dealkylation sites (tertiary alicyclic amines) is 1. The molecular formula is C26H28N6O5S. The van der Waals surface area contributed by atoms with Gasteiger partial charge in [0, 0.05) is 42.3 Å². The normalized spacial score (nSPS) is 20.3. The Hall–Kier alpha value is -3.64. The molecular weight excluding hydrogens is 508 g/mol. The maximum Gasteiger partial charge on any atom is 0.414 e. The molecule has 3 aromatic rings. The summed E-state index contributed by atoms with van der Waals surface area (Å²) in [5.74, 6) is 0.817. The minimum Gasteiger partial charge on any atom is -0.481 e. The number of methoxy groups -OCH3 is 1. The lowest BCUT2D eigenvalue weighted by Gasteiger charge is -2.33. The van der Waals surface area contributed by atoms with E-state index in [1.807, 2.05) is 24.3 Å². The highest BCUT2D eigenvalue weighted by Gasteiger charge is 2.33. The molecule has 1 N–H and O–H groups in total. The Balaban J connectivity index is 1.06. The molecule has 3 aliphatic rings. The Kier molecular flexibility index (Phi) is 6.66. The molecule has 0 aliphatic carbocycles. The van der Waals surface area contributed by atoms with E-state index in [2.05, 4.69) is 20.2 Å². The first-order valence-electron chi connectivity index (χ1n) is 12.7. The number of thioether (sulfide) groups is 1. The largest absolute Gasteiger partial charge is 0.481 e. The van der Waals surface area contributed by atoms with Gasteiger partial charge in [0.25, 0.3) is 5.56 Å². The number of cyclic esters (lactones) is 1. The topological polar surface area (TPSA) is 119 Å². The van der Waals surface area contributed by atoms with E-state index in [9.17, 15) is 14.4 Å². The number of anilines is 2. The zero-order valence-corrected chi connectivity index (χ0v) is 21.8. The summed E-state index contributed by atoms with van der Waals surface area (Å²) in [4.78, 5) is 50.8. The van der Waals surface area contributed by atoms with E-state index in [0.717, 1.165) is 55.2 Å². The van der Waals surface area contributed by atoms with E-state index in [1.165, 1.54) is 18.0 Å². The lowest BCUT2D eigenvalue weighted by molar-refractivity contribution is -0.113. The van der Waals surface area contributed by atoms with Crippen LogP contribution >= 0.6 is 11.8 Å². The predicted octanol–water partition coefficient (Wildman–Crippen LogP) is 2.90. The molecule has 2 amide bonds. The second-order valence-corrected chi connectivity index (χ2v) is 10.7. The van der Waals surface area contributed by atoms with Crippen LogP contribution in [0.2, 0.25) is 0 Å². The second-order valence-electron chi connectivity index (χ2n) is 9.66. The number of piperidine rings is 1. The van der Waals surface area contributed by atoms with Crippen LogP contribution in [0.25, 0.3) is 11.2 Å². The lowest BCUT2D eigenvalue weighted by Crippen LogP contribution is -2.39. The van der Waals surface area contributed by atoms with Crippen molar-refractivity contribution in [1.29, 1.82) is 0 Å². The number of aromatic nitrogens is 3. The van der Waals surface area contributed by atoms with Crippen molar-refractivity contribution >= 4 is 46.3 Å². The molecule has 0 radical (unpaired) electrons. The van der Waals surface area contributed by atoms with E-state index in [-0.39, 0.29) is 29.7 Å². The molecule has 2 saturated heterocycles. The van der Waals surface area contributed by atoms with Gasteiger partial charge >= 0.3 is 6.09 Å². The molecule has 38 heavy (non-hydrogen) atoms. The molecule has 1 aromatic carbocycles. The van der Waals surface area contributed by atoms with Gasteiger partial charge in [-0.2, -0.15) is 4.98 Å². The number of nitrogens with one attached hydrogen (secondary N) is 1. The second kappa shape index (κ2) is 10.3. The number of amides is 2. The molecule has 198 valence electrons. The predicted molar refractivity (Wildman–Crippen MR) is 143 cm³/mol. The van der Waals surface area contributed by atoms with Crippen molar-refractivity contribution in [2.75, 3.05) is 49.3 Å². The van der Waals surface area contributed by atoms with Crippen LogP contribution in [0, 0.1) is 0 Å². The number of ether oxygens (including phenoxy) is 2. The number of pyridine rings is 1. The van der Waals surface area contributed by atoms with Gasteiger partial charge in [0.1, 0.15) is 11.6 Å². The van der Waals surface area contributed by atoms with Crippen molar-refractivity contribution in [1.82, 2.24) is 19.4 Å². The van der Waals surface area contributed by atoms with Crippen molar-refractivity contribution in [2.45, 2.75) is 36.3 Å². The number of fused-ring (bicyclic) bond motifs is 2. The Labute approximate surface area is 223 Å². The highest BCUT2D eigenvalue weighted by Crippen LogP contribution is 2.36. The highest BCUT2D eigenvalue weighted by atomic mass is 32.2. The molecule has 2 aromatic heterocycles. The maximum atomic E-state index is 12.7. The SMILES string of the molecule is COc1ccc2ncc(=O)n(C3CCN(CCC4CN(c5ccc6c(c5)NC(=O)CS6)C(=O)O4)CC3)c2n1. The fourth-order valence-electron chi connectivity index (χ4n) is 5.31.